The Bertz CT molecular complexity index is 1660. The van der Waals surface area contributed by atoms with Gasteiger partial charge in [0.2, 0.25) is 5.91 Å². The third-order valence-corrected chi connectivity index (χ3v) is 8.78. The number of ketones is 1. The second kappa shape index (κ2) is 9.73. The number of benzene rings is 2. The van der Waals surface area contributed by atoms with E-state index in [2.05, 4.69) is 34.7 Å². The molecule has 0 spiro atoms. The fraction of sp³-hybridized carbons (Fsp3) is 0.333. The van der Waals surface area contributed by atoms with Crippen molar-refractivity contribution < 1.29 is 14.4 Å². The van der Waals surface area contributed by atoms with Crippen LogP contribution in [0.4, 0.5) is 0 Å². The molecule has 0 radical (unpaired) electrons. The SMILES string of the molecule is CC(=O)N1C2CCC1c1cc(-c3cc(C(=O)NCC4=C(C)C=C(C)CC4=O)c(C)c(-c4ccnn4C)c3)ccc12. The molecule has 1 saturated heterocycles. The molecule has 2 amide bonds. The molecule has 40 heavy (non-hydrogen) atoms. The molecule has 2 aromatic carbocycles. The predicted octanol–water partition coefficient (Wildman–Crippen LogP) is 5.77. The largest absolute Gasteiger partial charge is 0.348 e. The van der Waals surface area contributed by atoms with Crippen LogP contribution in [0.3, 0.4) is 0 Å². The minimum atomic E-state index is -0.217. The summed E-state index contributed by atoms with van der Waals surface area (Å²) in [5.41, 5.74) is 10.2. The summed E-state index contributed by atoms with van der Waals surface area (Å²) in [6.07, 6.45) is 6.14. The number of amides is 2. The van der Waals surface area contributed by atoms with Gasteiger partial charge in [-0.2, -0.15) is 5.10 Å². The number of carbonyl (C=O) groups excluding carboxylic acids is 3. The number of allylic oxidation sites excluding steroid dienone is 3. The summed E-state index contributed by atoms with van der Waals surface area (Å²) >= 11 is 0. The van der Waals surface area contributed by atoms with Crippen molar-refractivity contribution in [3.05, 3.63) is 87.6 Å². The topological polar surface area (TPSA) is 84.3 Å². The molecular formula is C33H34N4O3. The van der Waals surface area contributed by atoms with Crippen LogP contribution in [0.15, 0.2) is 65.4 Å². The molecule has 1 aliphatic carbocycles. The molecule has 6 rings (SSSR count). The lowest BCUT2D eigenvalue weighted by molar-refractivity contribution is -0.131. The maximum absolute atomic E-state index is 13.7. The lowest BCUT2D eigenvalue weighted by Gasteiger charge is -2.20. The normalized spacial score (nSPS) is 19.7. The van der Waals surface area contributed by atoms with Crippen molar-refractivity contribution in [2.45, 2.75) is 59.0 Å². The highest BCUT2D eigenvalue weighted by atomic mass is 16.2. The van der Waals surface area contributed by atoms with Crippen LogP contribution >= 0.6 is 0 Å². The molecule has 3 aliphatic rings. The fourth-order valence-corrected chi connectivity index (χ4v) is 6.82. The number of aromatic nitrogens is 2. The van der Waals surface area contributed by atoms with Crippen LogP contribution in [0, 0.1) is 6.92 Å². The van der Waals surface area contributed by atoms with E-state index >= 15 is 0 Å². The van der Waals surface area contributed by atoms with Gasteiger partial charge in [-0.05, 0) is 91.3 Å². The standard InChI is InChI=1S/C33H34N4O3/c1-18-12-19(2)28(32(39)13-18)17-34-33(40)26-16-23(15-25(20(26)3)29-10-11-35-36(29)5)22-6-7-24-27(14-22)31-9-8-30(24)37(31)21(4)38/h6-7,10-12,14-16,30-31H,8-9,13,17H2,1-5H3,(H,34,40). The number of hydrogen-bond acceptors (Lipinski definition) is 4. The molecular weight excluding hydrogens is 500 g/mol. The maximum atomic E-state index is 13.7. The van der Waals surface area contributed by atoms with E-state index in [1.54, 1.807) is 13.1 Å². The second-order valence-corrected chi connectivity index (χ2v) is 11.4. The van der Waals surface area contributed by atoms with Crippen molar-refractivity contribution in [1.82, 2.24) is 20.0 Å². The summed E-state index contributed by atoms with van der Waals surface area (Å²) in [6, 6.07) is 12.7. The smallest absolute Gasteiger partial charge is 0.251 e. The van der Waals surface area contributed by atoms with E-state index in [4.69, 9.17) is 0 Å². The molecule has 1 N–H and O–H groups in total. The number of nitrogens with zero attached hydrogens (tertiary/aromatic N) is 3. The maximum Gasteiger partial charge on any atom is 0.251 e. The van der Waals surface area contributed by atoms with Crippen LogP contribution in [0.25, 0.3) is 22.4 Å². The van der Waals surface area contributed by atoms with Gasteiger partial charge >= 0.3 is 0 Å². The second-order valence-electron chi connectivity index (χ2n) is 11.4. The number of nitrogens with one attached hydrogen (secondary N) is 1. The van der Waals surface area contributed by atoms with E-state index in [1.807, 2.05) is 55.6 Å². The summed E-state index contributed by atoms with van der Waals surface area (Å²) in [5.74, 6) is -0.0403. The summed E-state index contributed by atoms with van der Waals surface area (Å²) < 4.78 is 1.81. The van der Waals surface area contributed by atoms with Crippen molar-refractivity contribution >= 4 is 17.6 Å². The highest BCUT2D eigenvalue weighted by Gasteiger charge is 2.45. The van der Waals surface area contributed by atoms with Crippen LogP contribution in [0.1, 0.15) is 79.2 Å². The van der Waals surface area contributed by atoms with Gasteiger partial charge in [0.1, 0.15) is 0 Å². The van der Waals surface area contributed by atoms with E-state index in [-0.39, 0.29) is 36.2 Å². The average molecular weight is 535 g/mol. The Labute approximate surface area is 234 Å². The Hall–Kier alpha value is -4.26. The number of carbonyl (C=O) groups is 3. The van der Waals surface area contributed by atoms with Gasteiger partial charge in [0.25, 0.3) is 5.91 Å². The van der Waals surface area contributed by atoms with E-state index in [9.17, 15) is 14.4 Å². The number of aryl methyl sites for hydroxylation is 1. The van der Waals surface area contributed by atoms with Crippen molar-refractivity contribution in [1.29, 1.82) is 0 Å². The third kappa shape index (κ3) is 4.21. The lowest BCUT2D eigenvalue weighted by atomic mass is 9.87. The molecule has 0 saturated carbocycles. The molecule has 1 fully saturated rings. The number of Topliss-reactive ketones (excluding diaryl/α,β-unsaturated/α-hetero) is 1. The zero-order chi connectivity index (χ0) is 28.3. The first-order chi connectivity index (χ1) is 19.1. The highest BCUT2D eigenvalue weighted by molar-refractivity contribution is 6.02. The van der Waals surface area contributed by atoms with Crippen molar-refractivity contribution in [2.24, 2.45) is 7.05 Å². The van der Waals surface area contributed by atoms with Crippen LogP contribution in [0.2, 0.25) is 0 Å². The number of rotatable bonds is 5. The molecule has 3 heterocycles. The van der Waals surface area contributed by atoms with Crippen LogP contribution in [-0.2, 0) is 16.6 Å². The van der Waals surface area contributed by atoms with E-state index in [0.29, 0.717) is 17.6 Å². The first-order valence-corrected chi connectivity index (χ1v) is 13.9. The van der Waals surface area contributed by atoms with Crippen molar-refractivity contribution in [3.63, 3.8) is 0 Å². The monoisotopic (exact) mass is 534 g/mol. The van der Waals surface area contributed by atoms with Gasteiger partial charge in [-0.3, -0.25) is 19.1 Å². The Morgan fingerprint density at radius 2 is 1.75 bits per heavy atom. The zero-order valence-electron chi connectivity index (χ0n) is 23.7. The van der Waals surface area contributed by atoms with Crippen LogP contribution < -0.4 is 5.32 Å². The van der Waals surface area contributed by atoms with Gasteiger partial charge in [0.15, 0.2) is 5.78 Å². The fourth-order valence-electron chi connectivity index (χ4n) is 6.82. The van der Waals surface area contributed by atoms with E-state index in [0.717, 1.165) is 51.9 Å². The van der Waals surface area contributed by atoms with Crippen LogP contribution in [-0.4, -0.2) is 38.8 Å². The lowest BCUT2D eigenvalue weighted by Crippen LogP contribution is -2.30. The Morgan fingerprint density at radius 3 is 2.42 bits per heavy atom. The van der Waals surface area contributed by atoms with Gasteiger partial charge in [-0.15, -0.1) is 0 Å². The van der Waals surface area contributed by atoms with Gasteiger partial charge in [-0.1, -0.05) is 23.8 Å². The summed E-state index contributed by atoms with van der Waals surface area (Å²) in [7, 11) is 1.89. The third-order valence-electron chi connectivity index (χ3n) is 8.78. The number of hydrogen-bond donors (Lipinski definition) is 1. The molecule has 2 unspecified atom stereocenters. The molecule has 204 valence electrons. The molecule has 2 bridgehead atoms. The molecule has 7 nitrogen and oxygen atoms in total. The predicted molar refractivity (Wildman–Crippen MR) is 154 cm³/mol. The molecule has 7 heteroatoms. The van der Waals surface area contributed by atoms with Gasteiger partial charge in [0.05, 0.1) is 17.8 Å². The molecule has 3 aromatic rings. The van der Waals surface area contributed by atoms with Crippen molar-refractivity contribution in [3.8, 4) is 22.4 Å². The first kappa shape index (κ1) is 26.0. The summed E-state index contributed by atoms with van der Waals surface area (Å²) in [6.45, 7) is 7.67. The van der Waals surface area contributed by atoms with Gasteiger partial charge in [-0.25, -0.2) is 0 Å². The Morgan fingerprint density at radius 1 is 1.00 bits per heavy atom. The van der Waals surface area contributed by atoms with Crippen LogP contribution in [0.5, 0.6) is 0 Å². The molecule has 2 atom stereocenters. The summed E-state index contributed by atoms with van der Waals surface area (Å²) in [4.78, 5) is 40.7. The van der Waals surface area contributed by atoms with Gasteiger partial charge < -0.3 is 10.2 Å². The van der Waals surface area contributed by atoms with E-state index < -0.39 is 0 Å². The highest BCUT2D eigenvalue weighted by Crippen LogP contribution is 2.53. The average Bonchev–Trinajstić information content (AvgIpc) is 3.62. The minimum Gasteiger partial charge on any atom is -0.348 e. The van der Waals surface area contributed by atoms with Gasteiger partial charge in [0, 0.05) is 49.8 Å². The minimum absolute atomic E-state index is 0.0610. The van der Waals surface area contributed by atoms with E-state index in [1.165, 1.54) is 11.1 Å². The molecule has 1 aromatic heterocycles. The van der Waals surface area contributed by atoms with Crippen molar-refractivity contribution in [2.75, 3.05) is 6.54 Å². The Balaban J connectivity index is 1.40. The quantitative estimate of drug-likeness (QED) is 0.451. The zero-order valence-corrected chi connectivity index (χ0v) is 23.7. The Kier molecular flexibility index (Phi) is 6.32. The molecule has 2 aliphatic heterocycles. The first-order valence-electron chi connectivity index (χ1n) is 13.9. The number of fused-ring (bicyclic) bond motifs is 5. The summed E-state index contributed by atoms with van der Waals surface area (Å²) in [5, 5.41) is 7.38.